The van der Waals surface area contributed by atoms with Crippen LogP contribution >= 0.6 is 0 Å². The smallest absolute Gasteiger partial charge is 0.342 e. The number of carbonyl (C=O) groups is 2. The number of rotatable bonds is 6. The lowest BCUT2D eigenvalue weighted by molar-refractivity contribution is -0.119. The van der Waals surface area contributed by atoms with Crippen molar-refractivity contribution in [2.24, 2.45) is 0 Å². The Labute approximate surface area is 157 Å². The average Bonchev–Trinajstić information content (AvgIpc) is 2.69. The predicted octanol–water partition coefficient (Wildman–Crippen LogP) is 3.05. The lowest BCUT2D eigenvalue weighted by Gasteiger charge is -2.12. The molecular formula is C21H19N3O3. The second-order valence-corrected chi connectivity index (χ2v) is 5.88. The molecule has 0 saturated heterocycles. The van der Waals surface area contributed by atoms with Crippen LogP contribution in [0, 0.1) is 0 Å². The van der Waals surface area contributed by atoms with Crippen LogP contribution in [0.25, 0.3) is 0 Å². The summed E-state index contributed by atoms with van der Waals surface area (Å²) in [6, 6.07) is 20.6. The van der Waals surface area contributed by atoms with Gasteiger partial charge in [0.25, 0.3) is 5.91 Å². The van der Waals surface area contributed by atoms with E-state index in [-0.39, 0.29) is 11.4 Å². The van der Waals surface area contributed by atoms with Crippen molar-refractivity contribution >= 4 is 23.4 Å². The number of nitrogens with one attached hydrogen (secondary N) is 1. The van der Waals surface area contributed by atoms with Crippen LogP contribution < -0.4 is 11.1 Å². The SMILES string of the molecule is Nc1ncccc1C(=O)OCC(=O)Nc1ccccc1Cc1ccccc1. The summed E-state index contributed by atoms with van der Waals surface area (Å²) < 4.78 is 5.03. The van der Waals surface area contributed by atoms with E-state index in [9.17, 15) is 9.59 Å². The Morgan fingerprint density at radius 1 is 0.963 bits per heavy atom. The number of pyridine rings is 1. The van der Waals surface area contributed by atoms with Gasteiger partial charge in [-0.15, -0.1) is 0 Å². The highest BCUT2D eigenvalue weighted by Gasteiger charge is 2.14. The molecule has 2 aromatic carbocycles. The molecule has 0 fully saturated rings. The number of hydrogen-bond donors (Lipinski definition) is 2. The van der Waals surface area contributed by atoms with E-state index in [0.29, 0.717) is 12.1 Å². The van der Waals surface area contributed by atoms with Crippen LogP contribution in [-0.2, 0) is 16.0 Å². The number of para-hydroxylation sites is 1. The van der Waals surface area contributed by atoms with E-state index >= 15 is 0 Å². The van der Waals surface area contributed by atoms with E-state index in [4.69, 9.17) is 10.5 Å². The van der Waals surface area contributed by atoms with Crippen molar-refractivity contribution in [1.82, 2.24) is 4.98 Å². The number of nitrogen functional groups attached to an aromatic ring is 1. The van der Waals surface area contributed by atoms with Gasteiger partial charge in [0.15, 0.2) is 6.61 Å². The van der Waals surface area contributed by atoms with Gasteiger partial charge in [0.1, 0.15) is 11.4 Å². The highest BCUT2D eigenvalue weighted by Crippen LogP contribution is 2.19. The van der Waals surface area contributed by atoms with Crippen molar-refractivity contribution in [2.45, 2.75) is 6.42 Å². The van der Waals surface area contributed by atoms with Crippen molar-refractivity contribution in [2.75, 3.05) is 17.7 Å². The van der Waals surface area contributed by atoms with Crippen LogP contribution in [0.5, 0.6) is 0 Å². The molecule has 0 aliphatic heterocycles. The zero-order valence-corrected chi connectivity index (χ0v) is 14.6. The van der Waals surface area contributed by atoms with E-state index in [0.717, 1.165) is 11.1 Å². The summed E-state index contributed by atoms with van der Waals surface area (Å²) in [4.78, 5) is 28.0. The van der Waals surface area contributed by atoms with Crippen LogP contribution in [0.2, 0.25) is 0 Å². The lowest BCUT2D eigenvalue weighted by atomic mass is 10.0. The topological polar surface area (TPSA) is 94.3 Å². The van der Waals surface area contributed by atoms with Gasteiger partial charge in [0.05, 0.1) is 0 Å². The summed E-state index contributed by atoms with van der Waals surface area (Å²) in [6.45, 7) is -0.410. The molecule has 6 nitrogen and oxygen atoms in total. The minimum absolute atomic E-state index is 0.0658. The Hall–Kier alpha value is -3.67. The largest absolute Gasteiger partial charge is 0.452 e. The maximum absolute atomic E-state index is 12.2. The maximum atomic E-state index is 12.2. The maximum Gasteiger partial charge on any atom is 0.342 e. The van der Waals surface area contributed by atoms with E-state index in [1.807, 2.05) is 54.6 Å². The second-order valence-electron chi connectivity index (χ2n) is 5.88. The fourth-order valence-electron chi connectivity index (χ4n) is 2.60. The molecule has 136 valence electrons. The lowest BCUT2D eigenvalue weighted by Crippen LogP contribution is -2.22. The van der Waals surface area contributed by atoms with Crippen LogP contribution in [0.15, 0.2) is 72.9 Å². The summed E-state index contributed by atoms with van der Waals surface area (Å²) in [5.41, 5.74) is 8.56. The van der Waals surface area contributed by atoms with Crippen molar-refractivity contribution < 1.29 is 14.3 Å². The van der Waals surface area contributed by atoms with Gasteiger partial charge in [-0.1, -0.05) is 48.5 Å². The van der Waals surface area contributed by atoms with Crippen molar-refractivity contribution in [3.8, 4) is 0 Å². The van der Waals surface area contributed by atoms with Gasteiger partial charge in [-0.25, -0.2) is 9.78 Å². The zero-order valence-electron chi connectivity index (χ0n) is 14.6. The second kappa shape index (κ2) is 8.62. The number of ether oxygens (including phenoxy) is 1. The number of hydrogen-bond acceptors (Lipinski definition) is 5. The number of nitrogens with two attached hydrogens (primary N) is 1. The highest BCUT2D eigenvalue weighted by molar-refractivity contribution is 5.97. The molecule has 3 rings (SSSR count). The molecule has 0 unspecified atom stereocenters. The summed E-state index contributed by atoms with van der Waals surface area (Å²) >= 11 is 0. The quantitative estimate of drug-likeness (QED) is 0.658. The van der Waals surface area contributed by atoms with Crippen molar-refractivity contribution in [3.05, 3.63) is 89.6 Å². The standard InChI is InChI=1S/C21H19N3O3/c22-20-17(10-6-12-23-20)21(26)27-14-19(25)24-18-11-5-4-9-16(18)13-15-7-2-1-3-8-15/h1-12H,13-14H2,(H2,22,23)(H,24,25). The summed E-state index contributed by atoms with van der Waals surface area (Å²) in [5.74, 6) is -1.05. The van der Waals surface area contributed by atoms with Crippen LogP contribution in [-0.4, -0.2) is 23.5 Å². The molecule has 3 N–H and O–H groups in total. The first kappa shape index (κ1) is 18.1. The van der Waals surface area contributed by atoms with Gasteiger partial charge >= 0.3 is 5.97 Å². The van der Waals surface area contributed by atoms with Gasteiger partial charge < -0.3 is 15.8 Å². The predicted molar refractivity (Wildman–Crippen MR) is 103 cm³/mol. The normalized spacial score (nSPS) is 10.2. The number of aromatic nitrogens is 1. The molecule has 0 atom stereocenters. The fourth-order valence-corrected chi connectivity index (χ4v) is 2.60. The molecule has 0 aliphatic rings. The molecule has 0 radical (unpaired) electrons. The molecule has 0 bridgehead atoms. The van der Waals surface area contributed by atoms with Crippen molar-refractivity contribution in [1.29, 1.82) is 0 Å². The third kappa shape index (κ3) is 4.92. The number of carbonyl (C=O) groups excluding carboxylic acids is 2. The Balaban J connectivity index is 1.61. The van der Waals surface area contributed by atoms with Gasteiger partial charge in [-0.2, -0.15) is 0 Å². The monoisotopic (exact) mass is 361 g/mol. The molecule has 1 amide bonds. The molecule has 6 heteroatoms. The molecule has 0 aliphatic carbocycles. The summed E-state index contributed by atoms with van der Waals surface area (Å²) in [6.07, 6.45) is 2.16. The molecule has 1 heterocycles. The number of esters is 1. The molecular weight excluding hydrogens is 342 g/mol. The molecule has 3 aromatic rings. The van der Waals surface area contributed by atoms with E-state index in [2.05, 4.69) is 10.3 Å². The molecule has 27 heavy (non-hydrogen) atoms. The third-order valence-electron chi connectivity index (χ3n) is 3.92. The van der Waals surface area contributed by atoms with Crippen LogP contribution in [0.3, 0.4) is 0 Å². The number of anilines is 2. The third-order valence-corrected chi connectivity index (χ3v) is 3.92. The van der Waals surface area contributed by atoms with Gasteiger partial charge in [0, 0.05) is 11.9 Å². The first-order valence-electron chi connectivity index (χ1n) is 8.43. The Morgan fingerprint density at radius 3 is 2.48 bits per heavy atom. The summed E-state index contributed by atoms with van der Waals surface area (Å²) in [7, 11) is 0. The number of benzene rings is 2. The van der Waals surface area contributed by atoms with E-state index in [1.165, 1.54) is 12.3 Å². The number of amides is 1. The van der Waals surface area contributed by atoms with Gasteiger partial charge in [-0.05, 0) is 35.7 Å². The average molecular weight is 361 g/mol. The van der Waals surface area contributed by atoms with E-state index < -0.39 is 18.5 Å². The van der Waals surface area contributed by atoms with Gasteiger partial charge in [0.2, 0.25) is 0 Å². The molecule has 1 aromatic heterocycles. The summed E-state index contributed by atoms with van der Waals surface area (Å²) in [5, 5.41) is 2.79. The molecule has 0 saturated carbocycles. The fraction of sp³-hybridized carbons (Fsp3) is 0.0952. The Morgan fingerprint density at radius 2 is 1.70 bits per heavy atom. The number of nitrogens with zero attached hydrogens (tertiary/aromatic N) is 1. The first-order valence-corrected chi connectivity index (χ1v) is 8.43. The first-order chi connectivity index (χ1) is 13.1. The Bertz CT molecular complexity index is 942. The van der Waals surface area contributed by atoms with Crippen LogP contribution in [0.4, 0.5) is 11.5 Å². The van der Waals surface area contributed by atoms with Crippen LogP contribution in [0.1, 0.15) is 21.5 Å². The Kier molecular flexibility index (Phi) is 5.79. The highest BCUT2D eigenvalue weighted by atomic mass is 16.5. The molecule has 0 spiro atoms. The van der Waals surface area contributed by atoms with Gasteiger partial charge in [-0.3, -0.25) is 4.79 Å². The van der Waals surface area contributed by atoms with Crippen molar-refractivity contribution in [3.63, 3.8) is 0 Å². The zero-order chi connectivity index (χ0) is 19.1. The minimum atomic E-state index is -0.687. The van der Waals surface area contributed by atoms with E-state index in [1.54, 1.807) is 6.07 Å². The minimum Gasteiger partial charge on any atom is -0.452 e.